The molecule has 1 fully saturated rings. The molecule has 1 N–H and O–H groups in total. The first kappa shape index (κ1) is 18.7. The minimum atomic E-state index is -0.0618. The number of fused-ring (bicyclic) bond motifs is 1. The largest absolute Gasteiger partial charge is 0.340 e. The summed E-state index contributed by atoms with van der Waals surface area (Å²) in [5, 5.41) is 4.57. The summed E-state index contributed by atoms with van der Waals surface area (Å²) in [6.45, 7) is 11.5. The Balaban J connectivity index is 1.35. The maximum atomic E-state index is 12.2. The van der Waals surface area contributed by atoms with Gasteiger partial charge in [0, 0.05) is 44.2 Å². The number of imidazole rings is 1. The maximum absolute atomic E-state index is 12.2. The fourth-order valence-electron chi connectivity index (χ4n) is 3.52. The number of H-pyrrole nitrogens is 1. The molecule has 3 aromatic rings. The zero-order chi connectivity index (χ0) is 19.7. The van der Waals surface area contributed by atoms with Crippen LogP contribution in [0.15, 0.2) is 41.2 Å². The van der Waals surface area contributed by atoms with Crippen LogP contribution in [0, 0.1) is 0 Å². The van der Waals surface area contributed by atoms with Gasteiger partial charge in [-0.05, 0) is 18.2 Å². The van der Waals surface area contributed by atoms with Crippen molar-refractivity contribution in [2.45, 2.75) is 32.7 Å². The fourth-order valence-corrected chi connectivity index (χ4v) is 3.52. The zero-order valence-corrected chi connectivity index (χ0v) is 16.9. The van der Waals surface area contributed by atoms with Gasteiger partial charge in [-0.3, -0.25) is 9.69 Å². The average Bonchev–Trinajstić information content (AvgIpc) is 3.11. The molecule has 28 heavy (non-hydrogen) atoms. The van der Waals surface area contributed by atoms with Gasteiger partial charge in [-0.15, -0.1) is 0 Å². The molecule has 1 saturated heterocycles. The molecule has 4 rings (SSSR count). The molecule has 3 heterocycles. The summed E-state index contributed by atoms with van der Waals surface area (Å²) in [6, 6.07) is 11.6. The van der Waals surface area contributed by atoms with E-state index in [9.17, 15) is 4.79 Å². The maximum Gasteiger partial charge on any atom is 0.266 e. The molecule has 0 bridgehead atoms. The van der Waals surface area contributed by atoms with Gasteiger partial charge in [0.15, 0.2) is 0 Å². The number of aromatic nitrogens is 4. The third-order valence-corrected chi connectivity index (χ3v) is 5.31. The second kappa shape index (κ2) is 7.39. The highest BCUT2D eigenvalue weighted by molar-refractivity contribution is 5.77. The van der Waals surface area contributed by atoms with Crippen molar-refractivity contribution >= 4 is 17.0 Å². The number of aromatic amines is 1. The van der Waals surface area contributed by atoms with Gasteiger partial charge >= 0.3 is 0 Å². The van der Waals surface area contributed by atoms with Gasteiger partial charge in [-0.25, -0.2) is 9.67 Å². The summed E-state index contributed by atoms with van der Waals surface area (Å²) in [5.74, 6) is 0.941. The summed E-state index contributed by atoms with van der Waals surface area (Å²) in [7, 11) is 0. The number of hydrogen-bond acceptors (Lipinski definition) is 5. The first-order valence-electron chi connectivity index (χ1n) is 9.91. The van der Waals surface area contributed by atoms with Crippen molar-refractivity contribution in [1.82, 2.24) is 24.6 Å². The molecule has 0 unspecified atom stereocenters. The van der Waals surface area contributed by atoms with Crippen molar-refractivity contribution in [3.8, 4) is 0 Å². The summed E-state index contributed by atoms with van der Waals surface area (Å²) in [5.41, 5.74) is 2.93. The lowest BCUT2D eigenvalue weighted by molar-refractivity contribution is 0.241. The van der Waals surface area contributed by atoms with Crippen LogP contribution in [0.25, 0.3) is 11.0 Å². The molecule has 0 amide bonds. The van der Waals surface area contributed by atoms with E-state index in [1.807, 2.05) is 24.3 Å². The number of anilines is 1. The van der Waals surface area contributed by atoms with Crippen molar-refractivity contribution in [1.29, 1.82) is 0 Å². The van der Waals surface area contributed by atoms with Gasteiger partial charge in [-0.2, -0.15) is 5.10 Å². The number of para-hydroxylation sites is 2. The molecule has 0 saturated carbocycles. The van der Waals surface area contributed by atoms with Crippen LogP contribution in [0.3, 0.4) is 0 Å². The Kier molecular flexibility index (Phi) is 4.93. The number of nitrogens with one attached hydrogen (secondary N) is 1. The number of piperazine rings is 1. The molecule has 0 radical (unpaired) electrons. The van der Waals surface area contributed by atoms with E-state index in [-0.39, 0.29) is 11.0 Å². The van der Waals surface area contributed by atoms with E-state index in [0.29, 0.717) is 6.54 Å². The quantitative estimate of drug-likeness (QED) is 0.752. The normalized spacial score (nSPS) is 16.0. The summed E-state index contributed by atoms with van der Waals surface area (Å²) >= 11 is 0. The number of nitrogens with zero attached hydrogens (tertiary/aromatic N) is 5. The lowest BCUT2D eigenvalue weighted by Gasteiger charge is -2.34. The van der Waals surface area contributed by atoms with Gasteiger partial charge in [0.05, 0.1) is 23.3 Å². The highest BCUT2D eigenvalue weighted by Crippen LogP contribution is 2.19. The lowest BCUT2D eigenvalue weighted by Crippen LogP contribution is -2.48. The van der Waals surface area contributed by atoms with Crippen LogP contribution in [0.4, 0.5) is 5.95 Å². The highest BCUT2D eigenvalue weighted by Gasteiger charge is 2.20. The summed E-state index contributed by atoms with van der Waals surface area (Å²) < 4.78 is 1.60. The van der Waals surface area contributed by atoms with Gasteiger partial charge < -0.3 is 9.88 Å². The molecule has 0 atom stereocenters. The molecule has 7 nitrogen and oxygen atoms in total. The Morgan fingerprint density at radius 3 is 2.46 bits per heavy atom. The van der Waals surface area contributed by atoms with E-state index < -0.39 is 0 Å². The highest BCUT2D eigenvalue weighted by atomic mass is 16.1. The Labute approximate surface area is 165 Å². The zero-order valence-electron chi connectivity index (χ0n) is 16.9. The number of rotatable bonds is 4. The molecule has 1 aromatic carbocycles. The average molecular weight is 380 g/mol. The van der Waals surface area contributed by atoms with Crippen molar-refractivity contribution in [2.75, 3.05) is 37.6 Å². The van der Waals surface area contributed by atoms with Crippen LogP contribution in [0.2, 0.25) is 0 Å². The Hall–Kier alpha value is -2.67. The standard InChI is InChI=1S/C21H28N6O/c1-21(2,3)18-8-9-19(28)27(24-18)15-12-25-10-13-26(14-11-25)20-22-16-6-4-5-7-17(16)23-20/h4-9H,10-15H2,1-3H3,(H,22,23). The molecule has 148 valence electrons. The second-order valence-electron chi connectivity index (χ2n) is 8.44. The second-order valence-corrected chi connectivity index (χ2v) is 8.44. The van der Waals surface area contributed by atoms with Crippen LogP contribution in [0.1, 0.15) is 26.5 Å². The minimum absolute atomic E-state index is 0.0334. The third-order valence-electron chi connectivity index (χ3n) is 5.31. The first-order valence-corrected chi connectivity index (χ1v) is 9.91. The summed E-state index contributed by atoms with van der Waals surface area (Å²) in [6.07, 6.45) is 0. The Morgan fingerprint density at radius 2 is 1.75 bits per heavy atom. The van der Waals surface area contributed by atoms with Crippen LogP contribution in [-0.4, -0.2) is 57.4 Å². The van der Waals surface area contributed by atoms with Gasteiger partial charge in [-0.1, -0.05) is 32.9 Å². The monoisotopic (exact) mass is 380 g/mol. The van der Waals surface area contributed by atoms with Crippen molar-refractivity contribution < 1.29 is 0 Å². The minimum Gasteiger partial charge on any atom is -0.340 e. The van der Waals surface area contributed by atoms with E-state index in [0.717, 1.165) is 55.4 Å². The van der Waals surface area contributed by atoms with E-state index in [2.05, 4.69) is 46.7 Å². The van der Waals surface area contributed by atoms with Crippen LogP contribution in [0.5, 0.6) is 0 Å². The SMILES string of the molecule is CC(C)(C)c1ccc(=O)n(CCN2CCN(c3nc4ccccc4[nH]3)CC2)n1. The number of benzene rings is 1. The topological polar surface area (TPSA) is 70.1 Å². The molecule has 1 aliphatic rings. The molecule has 1 aliphatic heterocycles. The third kappa shape index (κ3) is 3.94. The smallest absolute Gasteiger partial charge is 0.266 e. The Bertz CT molecular complexity index is 974. The molecule has 2 aromatic heterocycles. The lowest BCUT2D eigenvalue weighted by atomic mass is 9.92. The van der Waals surface area contributed by atoms with Gasteiger partial charge in [0.25, 0.3) is 5.56 Å². The number of hydrogen-bond donors (Lipinski definition) is 1. The van der Waals surface area contributed by atoms with E-state index in [4.69, 9.17) is 4.98 Å². The van der Waals surface area contributed by atoms with Gasteiger partial charge in [0.1, 0.15) is 0 Å². The first-order chi connectivity index (χ1) is 13.4. The van der Waals surface area contributed by atoms with Crippen molar-refractivity contribution in [3.05, 3.63) is 52.4 Å². The van der Waals surface area contributed by atoms with Crippen LogP contribution in [-0.2, 0) is 12.0 Å². The van der Waals surface area contributed by atoms with Crippen LogP contribution < -0.4 is 10.5 Å². The molecule has 0 aliphatic carbocycles. The molecule has 0 spiro atoms. The molecule has 7 heteroatoms. The predicted octanol–water partition coefficient (Wildman–Crippen LogP) is 2.24. The molecular formula is C21H28N6O. The Morgan fingerprint density at radius 1 is 1.00 bits per heavy atom. The molecular weight excluding hydrogens is 352 g/mol. The fraction of sp³-hybridized carbons (Fsp3) is 0.476. The predicted molar refractivity (Wildman–Crippen MR) is 112 cm³/mol. The van der Waals surface area contributed by atoms with E-state index in [1.165, 1.54) is 0 Å². The van der Waals surface area contributed by atoms with Gasteiger partial charge in [0.2, 0.25) is 5.95 Å². The van der Waals surface area contributed by atoms with E-state index in [1.54, 1.807) is 10.7 Å². The van der Waals surface area contributed by atoms with Crippen LogP contribution >= 0.6 is 0 Å². The summed E-state index contributed by atoms with van der Waals surface area (Å²) in [4.78, 5) is 24.9. The van der Waals surface area contributed by atoms with E-state index >= 15 is 0 Å². The van der Waals surface area contributed by atoms with Crippen molar-refractivity contribution in [2.24, 2.45) is 0 Å². The van der Waals surface area contributed by atoms with Crippen molar-refractivity contribution in [3.63, 3.8) is 0 Å².